The molecule has 0 spiro atoms. The minimum Gasteiger partial charge on any atom is -1.00 e. The molecule has 0 radical (unpaired) electrons. The van der Waals surface area contributed by atoms with Crippen molar-refractivity contribution in [3.05, 3.63) is 55.0 Å². The third kappa shape index (κ3) is 2.74. The summed E-state index contributed by atoms with van der Waals surface area (Å²) in [6.07, 6.45) is 5.93. The minimum atomic E-state index is 0. The highest BCUT2D eigenvalue weighted by molar-refractivity contribution is 5.93. The Morgan fingerprint density at radius 2 is 1.70 bits per heavy atom. The van der Waals surface area contributed by atoms with Crippen LogP contribution in [0.5, 0.6) is 0 Å². The SMILES string of the molecule is Cn1cc(-c2nnc(-c3cc[n+](C)cc3)o2)c2ccccc21.[I-]. The van der Waals surface area contributed by atoms with E-state index >= 15 is 0 Å². The molecule has 3 aromatic heterocycles. The predicted octanol–water partition coefficient (Wildman–Crippen LogP) is -0.276. The Balaban J connectivity index is 0.00000156. The van der Waals surface area contributed by atoms with Crippen molar-refractivity contribution in [1.29, 1.82) is 0 Å². The van der Waals surface area contributed by atoms with Crippen LogP contribution < -0.4 is 28.5 Å². The Hall–Kier alpha value is -2.22. The van der Waals surface area contributed by atoms with Gasteiger partial charge in [0.2, 0.25) is 11.8 Å². The van der Waals surface area contributed by atoms with Gasteiger partial charge in [-0.2, -0.15) is 0 Å². The fourth-order valence-corrected chi connectivity index (χ4v) is 2.60. The van der Waals surface area contributed by atoms with E-state index in [-0.39, 0.29) is 24.0 Å². The van der Waals surface area contributed by atoms with Crippen LogP contribution in [-0.2, 0) is 14.1 Å². The van der Waals surface area contributed by atoms with Gasteiger partial charge in [-0.25, -0.2) is 4.57 Å². The number of aryl methyl sites for hydroxylation is 2. The van der Waals surface area contributed by atoms with Crippen LogP contribution >= 0.6 is 0 Å². The van der Waals surface area contributed by atoms with Crippen molar-refractivity contribution in [2.75, 3.05) is 0 Å². The number of para-hydroxylation sites is 1. The van der Waals surface area contributed by atoms with Gasteiger partial charge in [-0.1, -0.05) is 18.2 Å². The normalized spacial score (nSPS) is 10.7. The number of rotatable bonds is 2. The molecule has 0 saturated heterocycles. The maximum absolute atomic E-state index is 5.87. The maximum atomic E-state index is 5.87. The summed E-state index contributed by atoms with van der Waals surface area (Å²) in [5.74, 6) is 1.07. The van der Waals surface area contributed by atoms with Crippen molar-refractivity contribution in [3.63, 3.8) is 0 Å². The molecule has 0 fully saturated rings. The van der Waals surface area contributed by atoms with E-state index < -0.39 is 0 Å². The lowest BCUT2D eigenvalue weighted by Gasteiger charge is -1.94. The van der Waals surface area contributed by atoms with Gasteiger partial charge in [-0.15, -0.1) is 10.2 Å². The second-order valence-electron chi connectivity index (χ2n) is 5.34. The summed E-state index contributed by atoms with van der Waals surface area (Å²) in [5.41, 5.74) is 3.01. The number of hydrogen-bond acceptors (Lipinski definition) is 3. The van der Waals surface area contributed by atoms with E-state index in [1.165, 1.54) is 0 Å². The van der Waals surface area contributed by atoms with E-state index in [0.717, 1.165) is 22.0 Å². The molecule has 0 amide bonds. The zero-order chi connectivity index (χ0) is 15.1. The van der Waals surface area contributed by atoms with E-state index in [1.807, 2.05) is 61.5 Å². The molecule has 0 aliphatic rings. The van der Waals surface area contributed by atoms with Crippen LogP contribution in [0, 0.1) is 0 Å². The number of halogens is 1. The number of fused-ring (bicyclic) bond motifs is 1. The van der Waals surface area contributed by atoms with Crippen molar-refractivity contribution < 1.29 is 33.0 Å². The first-order valence-electron chi connectivity index (χ1n) is 7.06. The molecule has 0 aliphatic carbocycles. The molecule has 0 unspecified atom stereocenters. The maximum Gasteiger partial charge on any atom is 0.250 e. The summed E-state index contributed by atoms with van der Waals surface area (Å²) in [4.78, 5) is 0. The fraction of sp³-hybridized carbons (Fsp3) is 0.118. The van der Waals surface area contributed by atoms with Crippen LogP contribution in [0.25, 0.3) is 33.8 Å². The Labute approximate surface area is 150 Å². The lowest BCUT2D eigenvalue weighted by Crippen LogP contribution is -3.00. The lowest BCUT2D eigenvalue weighted by molar-refractivity contribution is -0.671. The van der Waals surface area contributed by atoms with Crippen LogP contribution in [0.2, 0.25) is 0 Å². The molecule has 4 aromatic rings. The summed E-state index contributed by atoms with van der Waals surface area (Å²) in [6, 6.07) is 12.1. The molecular formula is C17H15IN4O. The van der Waals surface area contributed by atoms with Crippen LogP contribution in [0.15, 0.2) is 59.4 Å². The average molecular weight is 418 g/mol. The molecule has 4 rings (SSSR count). The van der Waals surface area contributed by atoms with Crippen molar-refractivity contribution >= 4 is 10.9 Å². The van der Waals surface area contributed by atoms with Gasteiger partial charge in [0, 0.05) is 36.3 Å². The second kappa shape index (κ2) is 6.11. The molecule has 23 heavy (non-hydrogen) atoms. The first-order valence-corrected chi connectivity index (χ1v) is 7.06. The molecule has 5 nitrogen and oxygen atoms in total. The lowest BCUT2D eigenvalue weighted by atomic mass is 10.2. The standard InChI is InChI=1S/C17H15N4O.HI/c1-20-9-7-12(8-10-20)16-18-19-17(22-16)14-11-21(2)15-6-4-3-5-13(14)15;/h3-11H,1-2H3;1H/q+1;/p-1. The minimum absolute atomic E-state index is 0. The third-order valence-electron chi connectivity index (χ3n) is 3.78. The molecule has 0 atom stereocenters. The van der Waals surface area contributed by atoms with Gasteiger partial charge in [-0.3, -0.25) is 0 Å². The highest BCUT2D eigenvalue weighted by Gasteiger charge is 2.15. The third-order valence-corrected chi connectivity index (χ3v) is 3.78. The monoisotopic (exact) mass is 418 g/mol. The smallest absolute Gasteiger partial charge is 0.250 e. The molecule has 1 aromatic carbocycles. The van der Waals surface area contributed by atoms with Gasteiger partial charge >= 0.3 is 0 Å². The molecule has 0 aliphatic heterocycles. The van der Waals surface area contributed by atoms with E-state index in [4.69, 9.17) is 4.42 Å². The second-order valence-corrected chi connectivity index (χ2v) is 5.34. The first kappa shape index (κ1) is 15.7. The van der Waals surface area contributed by atoms with Crippen LogP contribution in [0.4, 0.5) is 0 Å². The Morgan fingerprint density at radius 1 is 1.00 bits per heavy atom. The van der Waals surface area contributed by atoms with E-state index in [2.05, 4.69) is 26.9 Å². The number of pyridine rings is 1. The largest absolute Gasteiger partial charge is 1.00 e. The van der Waals surface area contributed by atoms with Crippen LogP contribution in [0.3, 0.4) is 0 Å². The molecule has 116 valence electrons. The average Bonchev–Trinajstić information content (AvgIpc) is 3.14. The molecule has 3 heterocycles. The summed E-state index contributed by atoms with van der Waals surface area (Å²) in [7, 11) is 3.99. The van der Waals surface area contributed by atoms with Gasteiger partial charge in [0.1, 0.15) is 7.05 Å². The number of nitrogens with zero attached hydrogens (tertiary/aromatic N) is 4. The molecule has 0 bridgehead atoms. The topological polar surface area (TPSA) is 47.7 Å². The number of aromatic nitrogens is 4. The Bertz CT molecular complexity index is 956. The van der Waals surface area contributed by atoms with Crippen molar-refractivity contribution in [2.24, 2.45) is 14.1 Å². The number of benzene rings is 1. The van der Waals surface area contributed by atoms with Gasteiger partial charge in [0.15, 0.2) is 12.4 Å². The molecule has 0 N–H and O–H groups in total. The zero-order valence-electron chi connectivity index (χ0n) is 12.8. The van der Waals surface area contributed by atoms with Crippen molar-refractivity contribution in [3.8, 4) is 22.9 Å². The van der Waals surface area contributed by atoms with E-state index in [0.29, 0.717) is 11.8 Å². The van der Waals surface area contributed by atoms with Gasteiger partial charge in [0.05, 0.1) is 11.1 Å². The van der Waals surface area contributed by atoms with E-state index in [1.54, 1.807) is 0 Å². The van der Waals surface area contributed by atoms with E-state index in [9.17, 15) is 0 Å². The summed E-state index contributed by atoms with van der Waals surface area (Å²) >= 11 is 0. The Kier molecular flexibility index (Phi) is 4.16. The molecule has 6 heteroatoms. The summed E-state index contributed by atoms with van der Waals surface area (Å²) < 4.78 is 9.90. The molecule has 0 saturated carbocycles. The van der Waals surface area contributed by atoms with Gasteiger partial charge in [-0.05, 0) is 6.07 Å². The van der Waals surface area contributed by atoms with Crippen LogP contribution in [0.1, 0.15) is 0 Å². The molecular weight excluding hydrogens is 403 g/mol. The highest BCUT2D eigenvalue weighted by atomic mass is 127. The Morgan fingerprint density at radius 3 is 2.48 bits per heavy atom. The van der Waals surface area contributed by atoms with Gasteiger partial charge < -0.3 is 33.0 Å². The fourth-order valence-electron chi connectivity index (χ4n) is 2.60. The number of hydrogen-bond donors (Lipinski definition) is 0. The van der Waals surface area contributed by atoms with Gasteiger partial charge in [0.25, 0.3) is 0 Å². The van der Waals surface area contributed by atoms with Crippen molar-refractivity contribution in [1.82, 2.24) is 14.8 Å². The first-order chi connectivity index (χ1) is 10.7. The highest BCUT2D eigenvalue weighted by Crippen LogP contribution is 2.30. The van der Waals surface area contributed by atoms with Crippen LogP contribution in [-0.4, -0.2) is 14.8 Å². The zero-order valence-corrected chi connectivity index (χ0v) is 14.9. The predicted molar refractivity (Wildman–Crippen MR) is 82.8 cm³/mol. The van der Waals surface area contributed by atoms with Crippen molar-refractivity contribution in [2.45, 2.75) is 0 Å². The summed E-state index contributed by atoms with van der Waals surface area (Å²) in [5, 5.41) is 9.50. The summed E-state index contributed by atoms with van der Waals surface area (Å²) in [6.45, 7) is 0. The quantitative estimate of drug-likeness (QED) is 0.333.